The SMILES string of the molecule is C=C1CC2COC(=O)C2(Cc2ccc(OCCN(C(C)C)C(C)C)cc2)C1. The van der Waals surface area contributed by atoms with E-state index in [2.05, 4.69) is 51.3 Å². The van der Waals surface area contributed by atoms with Gasteiger partial charge in [-0.25, -0.2) is 0 Å². The molecule has 2 aliphatic rings. The van der Waals surface area contributed by atoms with Gasteiger partial charge in [-0.15, -0.1) is 0 Å². The first-order valence-corrected chi connectivity index (χ1v) is 10.1. The quantitative estimate of drug-likeness (QED) is 0.506. The number of hydrogen-bond acceptors (Lipinski definition) is 4. The average molecular weight is 372 g/mol. The van der Waals surface area contributed by atoms with Gasteiger partial charge in [-0.05, 0) is 64.7 Å². The van der Waals surface area contributed by atoms with Crippen molar-refractivity contribution >= 4 is 5.97 Å². The number of carbonyl (C=O) groups is 1. The van der Waals surface area contributed by atoms with Gasteiger partial charge in [0.05, 0.1) is 12.0 Å². The standard InChI is InChI=1S/C23H33NO3/c1-16(2)24(17(3)4)10-11-26-21-8-6-19(7-9-21)14-23-13-18(5)12-20(23)15-27-22(23)25/h6-9,16-17,20H,5,10-15H2,1-4H3. The first-order chi connectivity index (χ1) is 12.8. The van der Waals surface area contributed by atoms with Gasteiger partial charge >= 0.3 is 5.97 Å². The number of rotatable bonds is 8. The lowest BCUT2D eigenvalue weighted by molar-refractivity contribution is -0.146. The maximum atomic E-state index is 12.4. The van der Waals surface area contributed by atoms with Crippen LogP contribution in [-0.2, 0) is 16.0 Å². The molecule has 148 valence electrons. The molecule has 1 aromatic rings. The van der Waals surface area contributed by atoms with Crippen LogP contribution in [0.4, 0.5) is 0 Å². The van der Waals surface area contributed by atoms with E-state index in [1.165, 1.54) is 5.57 Å². The minimum Gasteiger partial charge on any atom is -0.492 e. The van der Waals surface area contributed by atoms with Crippen LogP contribution < -0.4 is 4.74 Å². The molecule has 2 fully saturated rings. The summed E-state index contributed by atoms with van der Waals surface area (Å²) >= 11 is 0. The minimum absolute atomic E-state index is 0.0473. The summed E-state index contributed by atoms with van der Waals surface area (Å²) in [6.45, 7) is 15.1. The second-order valence-corrected chi connectivity index (χ2v) is 8.68. The van der Waals surface area contributed by atoms with Gasteiger partial charge in [0.1, 0.15) is 12.4 Å². The third kappa shape index (κ3) is 4.21. The van der Waals surface area contributed by atoms with E-state index in [-0.39, 0.29) is 11.9 Å². The summed E-state index contributed by atoms with van der Waals surface area (Å²) < 4.78 is 11.3. The fourth-order valence-corrected chi connectivity index (χ4v) is 4.71. The minimum atomic E-state index is -0.394. The highest BCUT2D eigenvalue weighted by molar-refractivity contribution is 5.81. The Labute approximate surface area is 163 Å². The van der Waals surface area contributed by atoms with Crippen molar-refractivity contribution in [1.82, 2.24) is 4.90 Å². The Morgan fingerprint density at radius 3 is 2.52 bits per heavy atom. The van der Waals surface area contributed by atoms with Crippen LogP contribution >= 0.6 is 0 Å². The number of hydrogen-bond donors (Lipinski definition) is 0. The van der Waals surface area contributed by atoms with Crippen LogP contribution in [0.3, 0.4) is 0 Å². The Morgan fingerprint density at radius 2 is 1.89 bits per heavy atom. The normalized spacial score (nSPS) is 24.8. The van der Waals surface area contributed by atoms with E-state index in [1.54, 1.807) is 0 Å². The van der Waals surface area contributed by atoms with Crippen molar-refractivity contribution in [2.45, 2.75) is 59.0 Å². The van der Waals surface area contributed by atoms with Crippen molar-refractivity contribution < 1.29 is 14.3 Å². The highest BCUT2D eigenvalue weighted by Crippen LogP contribution is 2.52. The number of allylic oxidation sites excluding steroid dienone is 1. The van der Waals surface area contributed by atoms with E-state index in [0.717, 1.165) is 37.1 Å². The highest BCUT2D eigenvalue weighted by Gasteiger charge is 2.55. The lowest BCUT2D eigenvalue weighted by Crippen LogP contribution is -2.39. The first kappa shape index (κ1) is 19.9. The van der Waals surface area contributed by atoms with E-state index >= 15 is 0 Å². The summed E-state index contributed by atoms with van der Waals surface area (Å²) in [7, 11) is 0. The number of esters is 1. The van der Waals surface area contributed by atoms with Gasteiger partial charge in [0, 0.05) is 24.5 Å². The molecule has 1 heterocycles. The highest BCUT2D eigenvalue weighted by atomic mass is 16.5. The van der Waals surface area contributed by atoms with Gasteiger partial charge < -0.3 is 9.47 Å². The molecule has 1 saturated heterocycles. The monoisotopic (exact) mass is 371 g/mol. The Bertz CT molecular complexity index is 671. The molecule has 2 unspecified atom stereocenters. The predicted molar refractivity (Wildman–Crippen MR) is 108 cm³/mol. The second-order valence-electron chi connectivity index (χ2n) is 8.68. The van der Waals surface area contributed by atoms with Gasteiger partial charge in [0.2, 0.25) is 0 Å². The molecule has 0 spiro atoms. The largest absolute Gasteiger partial charge is 0.492 e. The van der Waals surface area contributed by atoms with E-state index in [0.29, 0.717) is 25.3 Å². The third-order valence-corrected chi connectivity index (χ3v) is 6.09. The zero-order valence-corrected chi connectivity index (χ0v) is 17.2. The van der Waals surface area contributed by atoms with Crippen LogP contribution in [0.2, 0.25) is 0 Å². The molecule has 1 aliphatic heterocycles. The van der Waals surface area contributed by atoms with Crippen molar-refractivity contribution in [2.24, 2.45) is 11.3 Å². The van der Waals surface area contributed by atoms with Gasteiger partial charge in [-0.1, -0.05) is 24.3 Å². The summed E-state index contributed by atoms with van der Waals surface area (Å²) in [6.07, 6.45) is 2.40. The molecule has 3 rings (SSSR count). The molecule has 1 aliphatic carbocycles. The average Bonchev–Trinajstić information content (AvgIpc) is 3.07. The molecule has 0 bridgehead atoms. The summed E-state index contributed by atoms with van der Waals surface area (Å²) in [5.74, 6) is 1.12. The van der Waals surface area contributed by atoms with E-state index in [1.807, 2.05) is 12.1 Å². The molecular formula is C23H33NO3. The molecule has 4 heteroatoms. The van der Waals surface area contributed by atoms with Gasteiger partial charge in [-0.3, -0.25) is 9.69 Å². The zero-order valence-electron chi connectivity index (χ0n) is 17.2. The summed E-state index contributed by atoms with van der Waals surface area (Å²) in [6, 6.07) is 9.21. The van der Waals surface area contributed by atoms with Crippen LogP contribution in [0.5, 0.6) is 5.75 Å². The molecule has 0 radical (unpaired) electrons. The van der Waals surface area contributed by atoms with Crippen LogP contribution in [0.25, 0.3) is 0 Å². The maximum absolute atomic E-state index is 12.4. The van der Waals surface area contributed by atoms with Crippen molar-refractivity contribution in [2.75, 3.05) is 19.8 Å². The van der Waals surface area contributed by atoms with Crippen molar-refractivity contribution in [3.05, 3.63) is 42.0 Å². The number of ether oxygens (including phenoxy) is 2. The Hall–Kier alpha value is -1.81. The molecule has 27 heavy (non-hydrogen) atoms. The van der Waals surface area contributed by atoms with Crippen molar-refractivity contribution in [3.63, 3.8) is 0 Å². The smallest absolute Gasteiger partial charge is 0.313 e. The molecule has 0 aromatic heterocycles. The molecule has 1 aromatic carbocycles. The lowest BCUT2D eigenvalue weighted by Gasteiger charge is -2.30. The zero-order chi connectivity index (χ0) is 19.6. The molecule has 0 N–H and O–H groups in total. The number of carbonyl (C=O) groups excluding carboxylic acids is 1. The van der Waals surface area contributed by atoms with Crippen LogP contribution in [0, 0.1) is 11.3 Å². The van der Waals surface area contributed by atoms with Gasteiger partial charge in [0.15, 0.2) is 0 Å². The van der Waals surface area contributed by atoms with Gasteiger partial charge in [0.25, 0.3) is 0 Å². The molecule has 1 saturated carbocycles. The number of benzene rings is 1. The van der Waals surface area contributed by atoms with Crippen molar-refractivity contribution in [3.8, 4) is 5.75 Å². The molecule has 2 atom stereocenters. The topological polar surface area (TPSA) is 38.8 Å². The van der Waals surface area contributed by atoms with E-state index in [4.69, 9.17) is 9.47 Å². The summed E-state index contributed by atoms with van der Waals surface area (Å²) in [5.41, 5.74) is 1.94. The van der Waals surface area contributed by atoms with Crippen molar-refractivity contribution in [1.29, 1.82) is 0 Å². The number of fused-ring (bicyclic) bond motifs is 1. The van der Waals surface area contributed by atoms with Crippen LogP contribution in [0.1, 0.15) is 46.1 Å². The Balaban J connectivity index is 1.58. The second kappa shape index (κ2) is 8.05. The van der Waals surface area contributed by atoms with E-state index in [9.17, 15) is 4.79 Å². The van der Waals surface area contributed by atoms with Crippen LogP contribution in [-0.4, -0.2) is 42.7 Å². The van der Waals surface area contributed by atoms with Crippen LogP contribution in [0.15, 0.2) is 36.4 Å². The molecular weight excluding hydrogens is 338 g/mol. The lowest BCUT2D eigenvalue weighted by atomic mass is 9.75. The van der Waals surface area contributed by atoms with E-state index < -0.39 is 5.41 Å². The Morgan fingerprint density at radius 1 is 1.22 bits per heavy atom. The predicted octanol–water partition coefficient (Wildman–Crippen LogP) is 4.24. The first-order valence-electron chi connectivity index (χ1n) is 10.1. The number of cyclic esters (lactones) is 1. The maximum Gasteiger partial charge on any atom is 0.313 e. The molecule has 4 nitrogen and oxygen atoms in total. The number of nitrogens with zero attached hydrogens (tertiary/aromatic N) is 1. The molecule has 0 amide bonds. The Kier molecular flexibility index (Phi) is 5.95. The summed E-state index contributed by atoms with van der Waals surface area (Å²) in [5, 5.41) is 0. The summed E-state index contributed by atoms with van der Waals surface area (Å²) in [4.78, 5) is 14.8. The van der Waals surface area contributed by atoms with Gasteiger partial charge in [-0.2, -0.15) is 0 Å². The third-order valence-electron chi connectivity index (χ3n) is 6.09. The fourth-order valence-electron chi connectivity index (χ4n) is 4.71. The fraction of sp³-hybridized carbons (Fsp3) is 0.609.